The number of fused-ring (bicyclic) bond motifs is 1. The molecule has 0 saturated heterocycles. The van der Waals surface area contributed by atoms with Crippen molar-refractivity contribution in [3.8, 4) is 0 Å². The van der Waals surface area contributed by atoms with Gasteiger partial charge in [-0.25, -0.2) is 4.98 Å². The number of aryl methyl sites for hydroxylation is 1. The number of para-hydroxylation sites is 1. The Morgan fingerprint density at radius 3 is 2.85 bits per heavy atom. The van der Waals surface area contributed by atoms with E-state index in [0.717, 1.165) is 21.8 Å². The Hall–Kier alpha value is -1.82. The van der Waals surface area contributed by atoms with Crippen LogP contribution in [0.15, 0.2) is 42.7 Å². The Morgan fingerprint density at radius 1 is 1.25 bits per heavy atom. The Balaban J connectivity index is 1.95. The summed E-state index contributed by atoms with van der Waals surface area (Å²) in [5.41, 5.74) is 5.15. The maximum Gasteiger partial charge on any atom is 0.0897 e. The standard InChI is InChI=1S/C15H16N4S/c1-10-18-9-15(20-10)14(19-16)8-11-6-7-17-13-5-3-2-4-12(11)13/h2-7,9,14,19H,8,16H2,1H3. The zero-order valence-corrected chi connectivity index (χ0v) is 12.0. The fourth-order valence-electron chi connectivity index (χ4n) is 2.33. The predicted octanol–water partition coefficient (Wildman–Crippen LogP) is 2.75. The molecule has 4 nitrogen and oxygen atoms in total. The summed E-state index contributed by atoms with van der Waals surface area (Å²) in [5.74, 6) is 5.72. The summed E-state index contributed by atoms with van der Waals surface area (Å²) < 4.78 is 0. The van der Waals surface area contributed by atoms with Crippen LogP contribution in [0.5, 0.6) is 0 Å². The van der Waals surface area contributed by atoms with Gasteiger partial charge in [0.2, 0.25) is 0 Å². The zero-order chi connectivity index (χ0) is 13.9. The minimum absolute atomic E-state index is 0.0759. The number of rotatable bonds is 4. The highest BCUT2D eigenvalue weighted by Crippen LogP contribution is 2.26. The van der Waals surface area contributed by atoms with E-state index >= 15 is 0 Å². The van der Waals surface area contributed by atoms with Gasteiger partial charge in [0.25, 0.3) is 0 Å². The summed E-state index contributed by atoms with van der Waals surface area (Å²) in [6, 6.07) is 10.3. The normalized spacial score (nSPS) is 12.7. The van der Waals surface area contributed by atoms with Gasteiger partial charge in [0, 0.05) is 22.7 Å². The molecular weight excluding hydrogens is 268 g/mol. The van der Waals surface area contributed by atoms with Gasteiger partial charge in [0.05, 0.1) is 16.6 Å². The summed E-state index contributed by atoms with van der Waals surface area (Å²) in [7, 11) is 0. The third-order valence-corrected chi connectivity index (χ3v) is 4.37. The van der Waals surface area contributed by atoms with Gasteiger partial charge in [-0.1, -0.05) is 18.2 Å². The van der Waals surface area contributed by atoms with E-state index in [1.807, 2.05) is 37.5 Å². The van der Waals surface area contributed by atoms with Gasteiger partial charge in [-0.2, -0.15) is 0 Å². The molecule has 20 heavy (non-hydrogen) atoms. The summed E-state index contributed by atoms with van der Waals surface area (Å²) in [4.78, 5) is 9.85. The second-order valence-corrected chi connectivity index (χ2v) is 5.96. The van der Waals surface area contributed by atoms with Gasteiger partial charge >= 0.3 is 0 Å². The molecule has 1 aromatic carbocycles. The molecule has 102 valence electrons. The number of benzene rings is 1. The van der Waals surface area contributed by atoms with Crippen molar-refractivity contribution in [3.05, 3.63) is 58.2 Å². The van der Waals surface area contributed by atoms with Gasteiger partial charge in [-0.05, 0) is 31.0 Å². The lowest BCUT2D eigenvalue weighted by atomic mass is 10.0. The Morgan fingerprint density at radius 2 is 2.10 bits per heavy atom. The molecule has 0 radical (unpaired) electrons. The molecule has 2 aromatic heterocycles. The van der Waals surface area contributed by atoms with Crippen molar-refractivity contribution in [2.24, 2.45) is 5.84 Å². The van der Waals surface area contributed by atoms with E-state index in [4.69, 9.17) is 5.84 Å². The molecule has 0 saturated carbocycles. The second kappa shape index (κ2) is 5.66. The largest absolute Gasteiger partial charge is 0.271 e. The molecule has 0 amide bonds. The SMILES string of the molecule is Cc1ncc(C(Cc2ccnc3ccccc23)NN)s1. The van der Waals surface area contributed by atoms with Crippen LogP contribution < -0.4 is 11.3 Å². The number of nitrogens with two attached hydrogens (primary N) is 1. The van der Waals surface area contributed by atoms with E-state index < -0.39 is 0 Å². The highest BCUT2D eigenvalue weighted by atomic mass is 32.1. The van der Waals surface area contributed by atoms with Crippen molar-refractivity contribution in [2.45, 2.75) is 19.4 Å². The molecule has 0 aliphatic heterocycles. The van der Waals surface area contributed by atoms with Gasteiger partial charge in [0.1, 0.15) is 0 Å². The lowest BCUT2D eigenvalue weighted by Crippen LogP contribution is -2.29. The van der Waals surface area contributed by atoms with E-state index in [-0.39, 0.29) is 6.04 Å². The van der Waals surface area contributed by atoms with E-state index in [1.54, 1.807) is 11.3 Å². The number of nitrogens with zero attached hydrogens (tertiary/aromatic N) is 2. The first-order valence-electron chi connectivity index (χ1n) is 6.49. The first kappa shape index (κ1) is 13.2. The van der Waals surface area contributed by atoms with Crippen LogP contribution in [0, 0.1) is 6.92 Å². The fraction of sp³-hybridized carbons (Fsp3) is 0.200. The van der Waals surface area contributed by atoms with Crippen LogP contribution in [0.25, 0.3) is 10.9 Å². The quantitative estimate of drug-likeness (QED) is 0.571. The smallest absolute Gasteiger partial charge is 0.0897 e. The molecule has 1 unspecified atom stereocenters. The average Bonchev–Trinajstić information content (AvgIpc) is 2.91. The van der Waals surface area contributed by atoms with E-state index in [2.05, 4.69) is 27.5 Å². The van der Waals surface area contributed by atoms with Crippen LogP contribution in [-0.4, -0.2) is 9.97 Å². The average molecular weight is 284 g/mol. The molecule has 0 aliphatic rings. The lowest BCUT2D eigenvalue weighted by molar-refractivity contribution is 0.561. The third-order valence-electron chi connectivity index (χ3n) is 3.35. The van der Waals surface area contributed by atoms with Crippen LogP contribution in [0.1, 0.15) is 21.5 Å². The van der Waals surface area contributed by atoms with Crippen LogP contribution in [-0.2, 0) is 6.42 Å². The number of hydrogen-bond acceptors (Lipinski definition) is 5. The van der Waals surface area contributed by atoms with Gasteiger partial charge in [-0.15, -0.1) is 11.3 Å². The number of hydrazine groups is 1. The summed E-state index contributed by atoms with van der Waals surface area (Å²) in [6.45, 7) is 2.00. The van der Waals surface area contributed by atoms with Crippen LogP contribution in [0.4, 0.5) is 0 Å². The van der Waals surface area contributed by atoms with Crippen LogP contribution in [0.2, 0.25) is 0 Å². The number of pyridine rings is 1. The van der Waals surface area contributed by atoms with E-state index in [1.165, 1.54) is 10.9 Å². The second-order valence-electron chi connectivity index (χ2n) is 4.69. The summed E-state index contributed by atoms with van der Waals surface area (Å²) >= 11 is 1.68. The van der Waals surface area contributed by atoms with Crippen LogP contribution in [0.3, 0.4) is 0 Å². The molecule has 3 rings (SSSR count). The molecular formula is C15H16N4S. The number of hydrogen-bond donors (Lipinski definition) is 2. The van der Waals surface area contributed by atoms with Gasteiger partial charge in [0.15, 0.2) is 0 Å². The number of nitrogens with one attached hydrogen (secondary N) is 1. The Labute approximate surface area is 121 Å². The molecule has 0 aliphatic carbocycles. The lowest BCUT2D eigenvalue weighted by Gasteiger charge is -2.15. The molecule has 0 spiro atoms. The summed E-state index contributed by atoms with van der Waals surface area (Å²) in [5, 5.41) is 2.23. The van der Waals surface area contributed by atoms with Gasteiger partial charge in [-0.3, -0.25) is 16.3 Å². The first-order chi connectivity index (χ1) is 9.78. The van der Waals surface area contributed by atoms with Crippen molar-refractivity contribution < 1.29 is 0 Å². The zero-order valence-electron chi connectivity index (χ0n) is 11.2. The molecule has 5 heteroatoms. The van der Waals surface area contributed by atoms with Crippen molar-refractivity contribution in [3.63, 3.8) is 0 Å². The topological polar surface area (TPSA) is 63.8 Å². The Bertz CT molecular complexity index is 717. The van der Waals surface area contributed by atoms with Crippen molar-refractivity contribution in [1.82, 2.24) is 15.4 Å². The minimum atomic E-state index is 0.0759. The maximum atomic E-state index is 5.72. The highest BCUT2D eigenvalue weighted by molar-refractivity contribution is 7.11. The van der Waals surface area contributed by atoms with Crippen molar-refractivity contribution in [2.75, 3.05) is 0 Å². The molecule has 3 N–H and O–H groups in total. The molecule has 1 atom stereocenters. The Kier molecular flexibility index (Phi) is 3.73. The van der Waals surface area contributed by atoms with Crippen molar-refractivity contribution in [1.29, 1.82) is 0 Å². The molecule has 0 bridgehead atoms. The number of aromatic nitrogens is 2. The van der Waals surface area contributed by atoms with E-state index in [9.17, 15) is 0 Å². The maximum absolute atomic E-state index is 5.72. The highest BCUT2D eigenvalue weighted by Gasteiger charge is 2.14. The summed E-state index contributed by atoms with van der Waals surface area (Å²) in [6.07, 6.45) is 4.57. The number of thiazole rings is 1. The minimum Gasteiger partial charge on any atom is -0.271 e. The molecule has 3 aromatic rings. The van der Waals surface area contributed by atoms with Crippen LogP contribution >= 0.6 is 11.3 Å². The predicted molar refractivity (Wildman–Crippen MR) is 82.4 cm³/mol. The molecule has 2 heterocycles. The van der Waals surface area contributed by atoms with E-state index in [0.29, 0.717) is 0 Å². The van der Waals surface area contributed by atoms with Crippen molar-refractivity contribution >= 4 is 22.2 Å². The third kappa shape index (κ3) is 2.56. The first-order valence-corrected chi connectivity index (χ1v) is 7.30. The molecule has 0 fully saturated rings. The van der Waals surface area contributed by atoms with Gasteiger partial charge < -0.3 is 0 Å². The fourth-order valence-corrected chi connectivity index (χ4v) is 3.18. The monoisotopic (exact) mass is 284 g/mol.